The lowest BCUT2D eigenvalue weighted by Gasteiger charge is -2.14. The van der Waals surface area contributed by atoms with Crippen molar-refractivity contribution in [3.05, 3.63) is 75.7 Å². The lowest BCUT2D eigenvalue weighted by Crippen LogP contribution is -2.20. The number of rotatable bonds is 4. The summed E-state index contributed by atoms with van der Waals surface area (Å²) >= 11 is 5.66. The molecule has 2 aromatic carbocycles. The number of hydrogen-bond acceptors (Lipinski definition) is 3. The molecule has 0 aliphatic heterocycles. The molecule has 6 nitrogen and oxygen atoms in total. The third-order valence-corrected chi connectivity index (χ3v) is 5.23. The van der Waals surface area contributed by atoms with Gasteiger partial charge >= 0.3 is 5.69 Å². The second-order valence-electron chi connectivity index (χ2n) is 5.25. The van der Waals surface area contributed by atoms with Crippen LogP contribution in [0, 0.1) is 12.7 Å². The summed E-state index contributed by atoms with van der Waals surface area (Å²) in [4.78, 5) is 13.9. The zero-order valence-corrected chi connectivity index (χ0v) is 14.5. The first kappa shape index (κ1) is 17.2. The van der Waals surface area contributed by atoms with Crippen LogP contribution in [0.5, 0.6) is 0 Å². The Kier molecular flexibility index (Phi) is 4.40. The predicted octanol–water partition coefficient (Wildman–Crippen LogP) is 3.07. The fourth-order valence-corrected chi connectivity index (χ4v) is 3.81. The number of aryl methyl sites for hydroxylation is 1. The van der Waals surface area contributed by atoms with E-state index in [2.05, 4.69) is 9.71 Å². The molecule has 1 heterocycles. The highest BCUT2D eigenvalue weighted by molar-refractivity contribution is 7.92. The number of para-hydroxylation sites is 2. The molecule has 0 saturated heterocycles. The van der Waals surface area contributed by atoms with E-state index in [1.165, 1.54) is 29.0 Å². The maximum absolute atomic E-state index is 14.1. The third-order valence-electron chi connectivity index (χ3n) is 3.56. The van der Waals surface area contributed by atoms with Crippen LogP contribution in [0.25, 0.3) is 5.69 Å². The molecule has 0 amide bonds. The highest BCUT2D eigenvalue weighted by Crippen LogP contribution is 2.26. The number of aromatic amines is 1. The Morgan fingerprint density at radius 3 is 2.56 bits per heavy atom. The molecular weight excluding hydrogens is 369 g/mol. The topological polar surface area (TPSA) is 84.0 Å². The number of halogens is 2. The maximum Gasteiger partial charge on any atom is 0.330 e. The zero-order valence-electron chi connectivity index (χ0n) is 13.0. The molecule has 3 aromatic rings. The molecule has 1 aromatic heterocycles. The van der Waals surface area contributed by atoms with E-state index >= 15 is 0 Å². The maximum atomic E-state index is 14.1. The largest absolute Gasteiger partial charge is 0.330 e. The van der Waals surface area contributed by atoms with Crippen LogP contribution in [0.4, 0.5) is 10.1 Å². The highest BCUT2D eigenvalue weighted by atomic mass is 35.5. The number of aromatic nitrogens is 2. The van der Waals surface area contributed by atoms with Crippen molar-refractivity contribution >= 4 is 27.3 Å². The summed E-state index contributed by atoms with van der Waals surface area (Å²) in [6.07, 6.45) is 1.50. The summed E-state index contributed by atoms with van der Waals surface area (Å²) in [5.74, 6) is -1.04. The van der Waals surface area contributed by atoms with Gasteiger partial charge in [-0.2, -0.15) is 0 Å². The zero-order chi connectivity index (χ0) is 18.2. The molecule has 130 valence electrons. The van der Waals surface area contributed by atoms with Gasteiger partial charge in [0.2, 0.25) is 0 Å². The van der Waals surface area contributed by atoms with Crippen molar-refractivity contribution in [1.82, 2.24) is 9.55 Å². The number of H-pyrrole nitrogens is 1. The van der Waals surface area contributed by atoms with Crippen LogP contribution in [-0.4, -0.2) is 18.0 Å². The average molecular weight is 382 g/mol. The van der Waals surface area contributed by atoms with Gasteiger partial charge in [0, 0.05) is 11.9 Å². The van der Waals surface area contributed by atoms with Crippen molar-refractivity contribution in [3.63, 3.8) is 0 Å². The summed E-state index contributed by atoms with van der Waals surface area (Å²) in [5, 5.41) is -0.297. The molecule has 0 saturated carbocycles. The van der Waals surface area contributed by atoms with E-state index in [9.17, 15) is 17.6 Å². The van der Waals surface area contributed by atoms with Gasteiger partial charge in [0.15, 0.2) is 5.82 Å². The van der Waals surface area contributed by atoms with Crippen LogP contribution < -0.4 is 10.4 Å². The van der Waals surface area contributed by atoms with E-state index in [-0.39, 0.29) is 10.7 Å². The monoisotopic (exact) mass is 381 g/mol. The van der Waals surface area contributed by atoms with Gasteiger partial charge in [0.1, 0.15) is 4.90 Å². The van der Waals surface area contributed by atoms with Gasteiger partial charge in [-0.25, -0.2) is 17.6 Å². The molecular formula is C16H13ClFN3O3S. The van der Waals surface area contributed by atoms with Gasteiger partial charge in [-0.05, 0) is 31.2 Å². The first-order valence-corrected chi connectivity index (χ1v) is 9.00. The fourth-order valence-electron chi connectivity index (χ4n) is 2.40. The third kappa shape index (κ3) is 3.18. The molecule has 0 radical (unpaired) electrons. The molecule has 0 unspecified atom stereocenters. The van der Waals surface area contributed by atoms with Crippen molar-refractivity contribution < 1.29 is 12.8 Å². The summed E-state index contributed by atoms with van der Waals surface area (Å²) in [5.41, 5.74) is 0.618. The van der Waals surface area contributed by atoms with Crippen LogP contribution >= 0.6 is 11.6 Å². The minimum atomic E-state index is -4.24. The number of nitrogens with zero attached hydrogens (tertiary/aromatic N) is 1. The number of hydrogen-bond donors (Lipinski definition) is 2. The number of nitrogens with one attached hydrogen (secondary N) is 2. The Morgan fingerprint density at radius 1 is 1.16 bits per heavy atom. The number of anilines is 1. The first-order valence-electron chi connectivity index (χ1n) is 7.14. The van der Waals surface area contributed by atoms with Crippen LogP contribution in [0.2, 0.25) is 5.02 Å². The van der Waals surface area contributed by atoms with Crippen LogP contribution in [0.3, 0.4) is 0 Å². The molecule has 2 N–H and O–H groups in total. The van der Waals surface area contributed by atoms with E-state index in [0.717, 1.165) is 6.07 Å². The normalized spacial score (nSPS) is 11.5. The minimum Gasteiger partial charge on any atom is -0.312 e. The quantitative estimate of drug-likeness (QED) is 0.728. The molecule has 0 bridgehead atoms. The van der Waals surface area contributed by atoms with Crippen molar-refractivity contribution in [1.29, 1.82) is 0 Å². The second-order valence-corrected chi connectivity index (χ2v) is 7.30. The molecule has 0 aliphatic carbocycles. The standard InChI is InChI=1S/C16H13ClFN3O3S/c1-10-9-19-16(22)21(10)13-7-3-2-6-12(13)20-25(23,24)14-8-4-5-11(17)15(14)18/h2-9,20H,1H3,(H,19,22). The highest BCUT2D eigenvalue weighted by Gasteiger charge is 2.22. The van der Waals surface area contributed by atoms with E-state index < -0.39 is 26.4 Å². The van der Waals surface area contributed by atoms with E-state index in [1.54, 1.807) is 25.1 Å². The summed E-state index contributed by atoms with van der Waals surface area (Å²) in [6, 6.07) is 10.0. The van der Waals surface area contributed by atoms with Gasteiger partial charge in [-0.3, -0.25) is 9.29 Å². The first-order chi connectivity index (χ1) is 11.8. The van der Waals surface area contributed by atoms with Gasteiger partial charge < -0.3 is 4.98 Å². The minimum absolute atomic E-state index is 0.131. The van der Waals surface area contributed by atoms with Crippen molar-refractivity contribution in [2.45, 2.75) is 11.8 Å². The van der Waals surface area contributed by atoms with Crippen molar-refractivity contribution in [2.75, 3.05) is 4.72 Å². The van der Waals surface area contributed by atoms with Crippen molar-refractivity contribution in [3.8, 4) is 5.69 Å². The fraction of sp³-hybridized carbons (Fsp3) is 0.0625. The van der Waals surface area contributed by atoms with Gasteiger partial charge in [-0.15, -0.1) is 0 Å². The van der Waals surface area contributed by atoms with Gasteiger partial charge in [0.05, 0.1) is 16.4 Å². The van der Waals surface area contributed by atoms with E-state index in [4.69, 9.17) is 11.6 Å². The Morgan fingerprint density at radius 2 is 1.88 bits per heavy atom. The molecule has 0 atom stereocenters. The smallest absolute Gasteiger partial charge is 0.312 e. The van der Waals surface area contributed by atoms with E-state index in [1.807, 2.05) is 0 Å². The number of sulfonamides is 1. The Hall–Kier alpha value is -2.58. The lowest BCUT2D eigenvalue weighted by atomic mass is 10.2. The molecule has 3 rings (SSSR count). The molecule has 0 fully saturated rings. The number of benzene rings is 2. The Balaban J connectivity index is 2.11. The molecule has 25 heavy (non-hydrogen) atoms. The van der Waals surface area contributed by atoms with Gasteiger partial charge in [0.25, 0.3) is 10.0 Å². The lowest BCUT2D eigenvalue weighted by molar-refractivity contribution is 0.570. The van der Waals surface area contributed by atoms with Gasteiger partial charge in [-0.1, -0.05) is 29.8 Å². The summed E-state index contributed by atoms with van der Waals surface area (Å²) in [7, 11) is -4.24. The SMILES string of the molecule is Cc1c[nH]c(=O)n1-c1ccccc1NS(=O)(=O)c1cccc(Cl)c1F. The summed E-state index contributed by atoms with van der Waals surface area (Å²) in [6.45, 7) is 1.69. The Bertz CT molecular complexity index is 1110. The Labute approximate surface area is 147 Å². The molecule has 0 aliphatic rings. The summed E-state index contributed by atoms with van der Waals surface area (Å²) < 4.78 is 42.8. The predicted molar refractivity (Wildman–Crippen MR) is 93.3 cm³/mol. The second kappa shape index (κ2) is 6.38. The number of imidazole rings is 1. The molecule has 0 spiro atoms. The van der Waals surface area contributed by atoms with E-state index in [0.29, 0.717) is 11.4 Å². The molecule has 9 heteroatoms. The average Bonchev–Trinajstić information content (AvgIpc) is 2.89. The van der Waals surface area contributed by atoms with Crippen molar-refractivity contribution in [2.24, 2.45) is 0 Å². The van der Waals surface area contributed by atoms with Crippen LogP contribution in [-0.2, 0) is 10.0 Å². The van der Waals surface area contributed by atoms with Crippen LogP contribution in [0.15, 0.2) is 58.4 Å². The van der Waals surface area contributed by atoms with Crippen LogP contribution in [0.1, 0.15) is 5.69 Å².